The minimum absolute atomic E-state index is 0.308. The first-order chi connectivity index (χ1) is 7.15. The Balaban J connectivity index is 2.43. The molecule has 0 saturated heterocycles. The summed E-state index contributed by atoms with van der Waals surface area (Å²) in [6, 6.07) is 5.09. The molecule has 86 valence electrons. The van der Waals surface area contributed by atoms with Crippen molar-refractivity contribution >= 4 is 11.3 Å². The first-order valence-electron chi connectivity index (χ1n) is 5.64. The van der Waals surface area contributed by atoms with Gasteiger partial charge in [-0.05, 0) is 31.8 Å². The second-order valence-electron chi connectivity index (χ2n) is 4.18. The second kappa shape index (κ2) is 6.26. The highest BCUT2D eigenvalue weighted by molar-refractivity contribution is 7.10. The van der Waals surface area contributed by atoms with Crippen molar-refractivity contribution in [1.29, 1.82) is 0 Å². The predicted octanol–water partition coefficient (Wildman–Crippen LogP) is 2.87. The average molecular weight is 226 g/mol. The Morgan fingerprint density at radius 1 is 1.53 bits per heavy atom. The molecule has 2 nitrogen and oxygen atoms in total. The molecule has 1 aromatic rings. The Morgan fingerprint density at radius 2 is 2.27 bits per heavy atom. The minimum atomic E-state index is 0.308. The summed E-state index contributed by atoms with van der Waals surface area (Å²) in [7, 11) is 2.15. The maximum absolute atomic E-state index is 6.04. The van der Waals surface area contributed by atoms with E-state index in [9.17, 15) is 0 Å². The van der Waals surface area contributed by atoms with Crippen molar-refractivity contribution in [2.75, 3.05) is 13.6 Å². The molecule has 0 aliphatic carbocycles. The van der Waals surface area contributed by atoms with E-state index in [1.54, 1.807) is 0 Å². The molecule has 1 heterocycles. The highest BCUT2D eigenvalue weighted by Gasteiger charge is 2.14. The summed E-state index contributed by atoms with van der Waals surface area (Å²) in [4.78, 5) is 3.76. The number of likely N-dealkylation sites (N-methyl/N-ethyl adjacent to an activating group) is 1. The van der Waals surface area contributed by atoms with E-state index < -0.39 is 0 Å². The lowest BCUT2D eigenvalue weighted by atomic mass is 10.1. The van der Waals surface area contributed by atoms with E-state index in [0.717, 1.165) is 13.0 Å². The van der Waals surface area contributed by atoms with Crippen molar-refractivity contribution in [1.82, 2.24) is 4.90 Å². The highest BCUT2D eigenvalue weighted by atomic mass is 32.1. The standard InChI is InChI=1S/C12H22N2S/c1-4-6-11(13)9-14(3)10(2)12-7-5-8-15-12/h5,7-8,10-11H,4,6,9,13H2,1-3H3. The summed E-state index contributed by atoms with van der Waals surface area (Å²) in [5, 5.41) is 2.13. The molecule has 0 aromatic carbocycles. The van der Waals surface area contributed by atoms with E-state index in [2.05, 4.69) is 43.3 Å². The van der Waals surface area contributed by atoms with Gasteiger partial charge in [0.2, 0.25) is 0 Å². The normalized spacial score (nSPS) is 15.5. The van der Waals surface area contributed by atoms with Crippen LogP contribution in [0.4, 0.5) is 0 Å². The Bertz CT molecular complexity index is 259. The minimum Gasteiger partial charge on any atom is -0.327 e. The average Bonchev–Trinajstić information content (AvgIpc) is 2.69. The molecule has 1 rings (SSSR count). The predicted molar refractivity (Wildman–Crippen MR) is 68.2 cm³/mol. The summed E-state index contributed by atoms with van der Waals surface area (Å²) in [6.07, 6.45) is 2.28. The van der Waals surface area contributed by atoms with Crippen molar-refractivity contribution in [3.63, 3.8) is 0 Å². The van der Waals surface area contributed by atoms with Gasteiger partial charge in [0.1, 0.15) is 0 Å². The van der Waals surface area contributed by atoms with E-state index in [4.69, 9.17) is 5.73 Å². The van der Waals surface area contributed by atoms with E-state index in [1.807, 2.05) is 11.3 Å². The summed E-state index contributed by atoms with van der Waals surface area (Å²) in [6.45, 7) is 5.40. The van der Waals surface area contributed by atoms with Crippen LogP contribution in [0.5, 0.6) is 0 Å². The summed E-state index contributed by atoms with van der Waals surface area (Å²) >= 11 is 1.82. The highest BCUT2D eigenvalue weighted by Crippen LogP contribution is 2.23. The van der Waals surface area contributed by atoms with Crippen molar-refractivity contribution in [3.8, 4) is 0 Å². The summed E-state index contributed by atoms with van der Waals surface area (Å²) in [5.74, 6) is 0. The van der Waals surface area contributed by atoms with Gasteiger partial charge in [-0.15, -0.1) is 11.3 Å². The fraction of sp³-hybridized carbons (Fsp3) is 0.667. The van der Waals surface area contributed by atoms with Crippen LogP contribution in [0.2, 0.25) is 0 Å². The third-order valence-corrected chi connectivity index (χ3v) is 3.84. The van der Waals surface area contributed by atoms with Gasteiger partial charge >= 0.3 is 0 Å². The Labute approximate surface area is 97.1 Å². The molecule has 0 aliphatic rings. The van der Waals surface area contributed by atoms with E-state index in [-0.39, 0.29) is 0 Å². The molecule has 0 fully saturated rings. The Kier molecular flexibility index (Phi) is 5.29. The van der Waals surface area contributed by atoms with E-state index in [0.29, 0.717) is 12.1 Å². The molecule has 3 heteroatoms. The van der Waals surface area contributed by atoms with Gasteiger partial charge in [-0.1, -0.05) is 19.4 Å². The lowest BCUT2D eigenvalue weighted by Crippen LogP contribution is -2.36. The molecule has 0 bridgehead atoms. The maximum atomic E-state index is 6.04. The van der Waals surface area contributed by atoms with Gasteiger partial charge in [0.05, 0.1) is 0 Å². The molecule has 0 radical (unpaired) electrons. The monoisotopic (exact) mass is 226 g/mol. The molecular formula is C12H22N2S. The molecule has 2 N–H and O–H groups in total. The van der Waals surface area contributed by atoms with Crippen LogP contribution in [-0.2, 0) is 0 Å². The zero-order valence-corrected chi connectivity index (χ0v) is 10.8. The topological polar surface area (TPSA) is 29.3 Å². The van der Waals surface area contributed by atoms with Crippen LogP contribution in [0, 0.1) is 0 Å². The lowest BCUT2D eigenvalue weighted by molar-refractivity contribution is 0.244. The molecule has 15 heavy (non-hydrogen) atoms. The van der Waals surface area contributed by atoms with Crippen LogP contribution in [-0.4, -0.2) is 24.5 Å². The Hall–Kier alpha value is -0.380. The van der Waals surface area contributed by atoms with Gasteiger partial charge < -0.3 is 5.73 Å². The molecule has 1 aromatic heterocycles. The Morgan fingerprint density at radius 3 is 2.80 bits per heavy atom. The summed E-state index contributed by atoms with van der Waals surface area (Å²) < 4.78 is 0. The van der Waals surface area contributed by atoms with Crippen LogP contribution in [0.1, 0.15) is 37.6 Å². The molecule has 2 unspecified atom stereocenters. The number of thiophene rings is 1. The number of hydrogen-bond acceptors (Lipinski definition) is 3. The van der Waals surface area contributed by atoms with Gasteiger partial charge in [-0.2, -0.15) is 0 Å². The molecular weight excluding hydrogens is 204 g/mol. The number of hydrogen-bond donors (Lipinski definition) is 1. The van der Waals surface area contributed by atoms with Crippen LogP contribution >= 0.6 is 11.3 Å². The third kappa shape index (κ3) is 3.93. The number of rotatable bonds is 6. The van der Waals surface area contributed by atoms with Crippen molar-refractivity contribution in [2.24, 2.45) is 5.73 Å². The zero-order valence-electron chi connectivity index (χ0n) is 9.94. The first-order valence-corrected chi connectivity index (χ1v) is 6.52. The smallest absolute Gasteiger partial charge is 0.0410 e. The van der Waals surface area contributed by atoms with Gasteiger partial charge in [-0.25, -0.2) is 0 Å². The molecule has 0 spiro atoms. The van der Waals surface area contributed by atoms with Crippen LogP contribution in [0.15, 0.2) is 17.5 Å². The maximum Gasteiger partial charge on any atom is 0.0410 e. The molecule has 2 atom stereocenters. The lowest BCUT2D eigenvalue weighted by Gasteiger charge is -2.26. The van der Waals surface area contributed by atoms with Crippen LogP contribution < -0.4 is 5.73 Å². The fourth-order valence-corrected chi connectivity index (χ4v) is 2.58. The van der Waals surface area contributed by atoms with Gasteiger partial charge in [-0.3, -0.25) is 4.90 Å². The third-order valence-electron chi connectivity index (χ3n) is 2.80. The molecule has 0 amide bonds. The van der Waals surface area contributed by atoms with Gasteiger partial charge in [0.25, 0.3) is 0 Å². The largest absolute Gasteiger partial charge is 0.327 e. The molecule has 0 saturated carbocycles. The second-order valence-corrected chi connectivity index (χ2v) is 5.16. The number of nitrogens with two attached hydrogens (primary N) is 1. The van der Waals surface area contributed by atoms with Crippen LogP contribution in [0.3, 0.4) is 0 Å². The summed E-state index contributed by atoms with van der Waals surface area (Å²) in [5.41, 5.74) is 6.04. The van der Waals surface area contributed by atoms with Crippen LogP contribution in [0.25, 0.3) is 0 Å². The van der Waals surface area contributed by atoms with Gasteiger partial charge in [0, 0.05) is 23.5 Å². The first kappa shape index (κ1) is 12.7. The van der Waals surface area contributed by atoms with E-state index in [1.165, 1.54) is 11.3 Å². The number of nitrogens with zero attached hydrogens (tertiary/aromatic N) is 1. The SMILES string of the molecule is CCCC(N)CN(C)C(C)c1cccs1. The van der Waals surface area contributed by atoms with E-state index >= 15 is 0 Å². The quantitative estimate of drug-likeness (QED) is 0.808. The fourth-order valence-electron chi connectivity index (χ4n) is 1.74. The molecule has 0 aliphatic heterocycles. The van der Waals surface area contributed by atoms with Crippen molar-refractivity contribution < 1.29 is 0 Å². The zero-order chi connectivity index (χ0) is 11.3. The van der Waals surface area contributed by atoms with Crippen molar-refractivity contribution in [3.05, 3.63) is 22.4 Å². The van der Waals surface area contributed by atoms with Gasteiger partial charge in [0.15, 0.2) is 0 Å². The van der Waals surface area contributed by atoms with Crippen molar-refractivity contribution in [2.45, 2.75) is 38.8 Å².